The highest BCUT2D eigenvalue weighted by Crippen LogP contribution is 2.32. The van der Waals surface area contributed by atoms with Crippen molar-refractivity contribution in [2.24, 2.45) is 11.8 Å². The van der Waals surface area contributed by atoms with Crippen LogP contribution in [-0.2, 0) is 0 Å². The van der Waals surface area contributed by atoms with Crippen molar-refractivity contribution in [2.75, 3.05) is 26.2 Å². The Morgan fingerprint density at radius 1 is 1.36 bits per heavy atom. The summed E-state index contributed by atoms with van der Waals surface area (Å²) in [6.45, 7) is 9.77. The first-order valence-electron chi connectivity index (χ1n) is 6.21. The van der Waals surface area contributed by atoms with Crippen molar-refractivity contribution in [2.45, 2.75) is 39.2 Å². The topological polar surface area (TPSA) is 15.3 Å². The van der Waals surface area contributed by atoms with Crippen molar-refractivity contribution >= 4 is 0 Å². The summed E-state index contributed by atoms with van der Waals surface area (Å²) in [5.41, 5.74) is 0. The van der Waals surface area contributed by atoms with Crippen molar-refractivity contribution in [3.63, 3.8) is 0 Å². The first-order valence-corrected chi connectivity index (χ1v) is 6.21. The van der Waals surface area contributed by atoms with Crippen molar-refractivity contribution in [1.29, 1.82) is 0 Å². The van der Waals surface area contributed by atoms with Gasteiger partial charge >= 0.3 is 0 Å². The van der Waals surface area contributed by atoms with Gasteiger partial charge in [-0.25, -0.2) is 0 Å². The third-order valence-corrected chi connectivity index (χ3v) is 3.73. The highest BCUT2D eigenvalue weighted by Gasteiger charge is 2.27. The largest absolute Gasteiger partial charge is 0.313 e. The predicted molar refractivity (Wildman–Crippen MR) is 60.4 cm³/mol. The summed E-state index contributed by atoms with van der Waals surface area (Å²) < 4.78 is 0. The van der Waals surface area contributed by atoms with Crippen LogP contribution >= 0.6 is 0 Å². The molecule has 2 nitrogen and oxygen atoms in total. The Balaban J connectivity index is 1.54. The number of nitrogens with zero attached hydrogens (tertiary/aromatic N) is 1. The maximum Gasteiger partial charge on any atom is 0.0107 e. The Bertz CT molecular complexity index is 177. The molecule has 2 fully saturated rings. The molecule has 0 aromatic carbocycles. The van der Waals surface area contributed by atoms with Gasteiger partial charge in [0.25, 0.3) is 0 Å². The van der Waals surface area contributed by atoms with Gasteiger partial charge in [0.2, 0.25) is 0 Å². The van der Waals surface area contributed by atoms with E-state index >= 15 is 0 Å². The molecule has 82 valence electrons. The molecule has 0 amide bonds. The van der Waals surface area contributed by atoms with Crippen molar-refractivity contribution in [3.8, 4) is 0 Å². The zero-order valence-electron chi connectivity index (χ0n) is 9.63. The molecule has 0 aromatic rings. The van der Waals surface area contributed by atoms with Gasteiger partial charge in [-0.2, -0.15) is 0 Å². The van der Waals surface area contributed by atoms with E-state index in [-0.39, 0.29) is 0 Å². The van der Waals surface area contributed by atoms with Crippen LogP contribution in [0.4, 0.5) is 0 Å². The quantitative estimate of drug-likeness (QED) is 0.720. The highest BCUT2D eigenvalue weighted by atomic mass is 15.2. The van der Waals surface area contributed by atoms with E-state index in [1.54, 1.807) is 0 Å². The third-order valence-electron chi connectivity index (χ3n) is 3.73. The minimum Gasteiger partial charge on any atom is -0.313 e. The van der Waals surface area contributed by atoms with Gasteiger partial charge in [-0.05, 0) is 44.6 Å². The molecule has 2 rings (SSSR count). The standard InChI is InChI=1S/C12H24N2/c1-10-5-7-14(9-10)8-6-13-11(2)12-3-4-12/h10-13H,3-9H2,1-2H3. The number of likely N-dealkylation sites (tertiary alicyclic amines) is 1. The van der Waals surface area contributed by atoms with E-state index in [9.17, 15) is 0 Å². The lowest BCUT2D eigenvalue weighted by molar-refractivity contribution is 0.316. The maximum atomic E-state index is 3.64. The molecule has 1 heterocycles. The zero-order chi connectivity index (χ0) is 9.97. The van der Waals surface area contributed by atoms with Gasteiger partial charge in [-0.1, -0.05) is 6.92 Å². The summed E-state index contributed by atoms with van der Waals surface area (Å²) in [7, 11) is 0. The predicted octanol–water partition coefficient (Wildman–Crippen LogP) is 1.72. The summed E-state index contributed by atoms with van der Waals surface area (Å²) in [5.74, 6) is 1.92. The van der Waals surface area contributed by atoms with Crippen molar-refractivity contribution in [3.05, 3.63) is 0 Å². The van der Waals surface area contributed by atoms with E-state index in [0.717, 1.165) is 17.9 Å². The van der Waals surface area contributed by atoms with Crippen LogP contribution < -0.4 is 5.32 Å². The molecule has 14 heavy (non-hydrogen) atoms. The SMILES string of the molecule is CC1CCN(CCNC(C)C2CC2)C1. The smallest absolute Gasteiger partial charge is 0.0107 e. The summed E-state index contributed by atoms with van der Waals surface area (Å²) in [6, 6.07) is 0.759. The van der Waals surface area contributed by atoms with Crippen LogP contribution in [0.15, 0.2) is 0 Å². The normalized spacial score (nSPS) is 30.9. The van der Waals surface area contributed by atoms with E-state index in [1.807, 2.05) is 0 Å². The lowest BCUT2D eigenvalue weighted by atomic mass is 10.2. The van der Waals surface area contributed by atoms with E-state index in [2.05, 4.69) is 24.1 Å². The Morgan fingerprint density at radius 3 is 2.71 bits per heavy atom. The second-order valence-corrected chi connectivity index (χ2v) is 5.27. The van der Waals surface area contributed by atoms with Gasteiger partial charge in [0, 0.05) is 25.7 Å². The van der Waals surface area contributed by atoms with Gasteiger partial charge in [0.15, 0.2) is 0 Å². The molecule has 1 N–H and O–H groups in total. The second kappa shape index (κ2) is 4.63. The summed E-state index contributed by atoms with van der Waals surface area (Å²) >= 11 is 0. The lowest BCUT2D eigenvalue weighted by Gasteiger charge is -2.18. The number of hydrogen-bond acceptors (Lipinski definition) is 2. The first kappa shape index (κ1) is 10.4. The molecule has 2 atom stereocenters. The van der Waals surface area contributed by atoms with Crippen LogP contribution in [0.2, 0.25) is 0 Å². The Labute approximate surface area is 88.1 Å². The number of rotatable bonds is 5. The number of nitrogens with one attached hydrogen (secondary N) is 1. The summed E-state index contributed by atoms with van der Waals surface area (Å²) in [5, 5.41) is 3.64. The van der Waals surface area contributed by atoms with Crippen LogP contribution in [0.5, 0.6) is 0 Å². The van der Waals surface area contributed by atoms with Crippen molar-refractivity contribution in [1.82, 2.24) is 10.2 Å². The van der Waals surface area contributed by atoms with Gasteiger partial charge < -0.3 is 10.2 Å². The molecular weight excluding hydrogens is 172 g/mol. The van der Waals surface area contributed by atoms with E-state index in [4.69, 9.17) is 0 Å². The Kier molecular flexibility index (Phi) is 3.45. The number of hydrogen-bond donors (Lipinski definition) is 1. The first-order chi connectivity index (χ1) is 6.75. The Morgan fingerprint density at radius 2 is 2.14 bits per heavy atom. The minimum atomic E-state index is 0.759. The average molecular weight is 196 g/mol. The fraction of sp³-hybridized carbons (Fsp3) is 1.00. The molecule has 0 aromatic heterocycles. The Hall–Kier alpha value is -0.0800. The molecule has 1 aliphatic carbocycles. The summed E-state index contributed by atoms with van der Waals surface area (Å²) in [4.78, 5) is 2.59. The van der Waals surface area contributed by atoms with Crippen LogP contribution in [0.3, 0.4) is 0 Å². The van der Waals surface area contributed by atoms with Gasteiger partial charge in [-0.15, -0.1) is 0 Å². The second-order valence-electron chi connectivity index (χ2n) is 5.27. The molecule has 0 spiro atoms. The minimum absolute atomic E-state index is 0.759. The van der Waals surface area contributed by atoms with Gasteiger partial charge in [0.1, 0.15) is 0 Å². The van der Waals surface area contributed by atoms with E-state index in [1.165, 1.54) is 45.4 Å². The average Bonchev–Trinajstić information content (AvgIpc) is 2.92. The monoisotopic (exact) mass is 196 g/mol. The van der Waals surface area contributed by atoms with Crippen LogP contribution in [0.25, 0.3) is 0 Å². The molecule has 2 aliphatic rings. The van der Waals surface area contributed by atoms with E-state index < -0.39 is 0 Å². The van der Waals surface area contributed by atoms with Crippen LogP contribution in [0.1, 0.15) is 33.1 Å². The molecule has 2 unspecified atom stereocenters. The van der Waals surface area contributed by atoms with Gasteiger partial charge in [-0.3, -0.25) is 0 Å². The molecule has 1 saturated carbocycles. The van der Waals surface area contributed by atoms with Crippen LogP contribution in [-0.4, -0.2) is 37.1 Å². The highest BCUT2D eigenvalue weighted by molar-refractivity contribution is 4.83. The zero-order valence-corrected chi connectivity index (χ0v) is 9.63. The van der Waals surface area contributed by atoms with Gasteiger partial charge in [0.05, 0.1) is 0 Å². The molecule has 0 bridgehead atoms. The van der Waals surface area contributed by atoms with E-state index in [0.29, 0.717) is 0 Å². The summed E-state index contributed by atoms with van der Waals surface area (Å²) in [6.07, 6.45) is 4.31. The van der Waals surface area contributed by atoms with Crippen molar-refractivity contribution < 1.29 is 0 Å². The lowest BCUT2D eigenvalue weighted by Crippen LogP contribution is -2.35. The molecular formula is C12H24N2. The molecule has 2 heteroatoms. The third kappa shape index (κ3) is 2.96. The van der Waals surface area contributed by atoms with Crippen LogP contribution in [0, 0.1) is 11.8 Å². The fourth-order valence-electron chi connectivity index (χ4n) is 2.44. The molecule has 1 saturated heterocycles. The molecule has 1 aliphatic heterocycles. The molecule has 0 radical (unpaired) electrons. The fourth-order valence-corrected chi connectivity index (χ4v) is 2.44. The maximum absolute atomic E-state index is 3.64.